The molecular formula is C20H23ClN2O2. The minimum Gasteiger partial charge on any atom is -0.357 e. The largest absolute Gasteiger partial charge is 0.357 e. The number of nitrogens with zero attached hydrogens (tertiary/aromatic N) is 1. The third-order valence-corrected chi connectivity index (χ3v) is 4.50. The summed E-state index contributed by atoms with van der Waals surface area (Å²) < 4.78 is 0. The number of hydrogen-bond acceptors (Lipinski definition) is 2. The first-order valence-electron chi connectivity index (χ1n) is 8.35. The van der Waals surface area contributed by atoms with Gasteiger partial charge in [0.1, 0.15) is 6.04 Å². The monoisotopic (exact) mass is 358 g/mol. The van der Waals surface area contributed by atoms with E-state index in [2.05, 4.69) is 5.32 Å². The fourth-order valence-corrected chi connectivity index (χ4v) is 2.96. The van der Waals surface area contributed by atoms with E-state index in [1.54, 1.807) is 18.0 Å². The summed E-state index contributed by atoms with van der Waals surface area (Å²) in [7, 11) is 1.58. The van der Waals surface area contributed by atoms with Gasteiger partial charge in [-0.1, -0.05) is 67.1 Å². The van der Waals surface area contributed by atoms with Gasteiger partial charge in [-0.25, -0.2) is 0 Å². The predicted octanol–water partition coefficient (Wildman–Crippen LogP) is 3.44. The number of likely N-dealkylation sites (N-methyl/N-ethyl adjacent to an activating group) is 1. The SMILES string of the molecule is CC[C@@H](C(=O)NC)N(Cc1ccccc1Cl)C(=O)Cc1ccccc1. The number of carbonyl (C=O) groups is 2. The van der Waals surface area contributed by atoms with E-state index in [0.29, 0.717) is 18.0 Å². The molecule has 2 amide bonds. The molecule has 0 aliphatic carbocycles. The van der Waals surface area contributed by atoms with Gasteiger partial charge in [-0.05, 0) is 23.6 Å². The minimum absolute atomic E-state index is 0.0958. The second-order valence-corrected chi connectivity index (χ2v) is 6.22. The molecule has 5 heteroatoms. The summed E-state index contributed by atoms with van der Waals surface area (Å²) in [4.78, 5) is 26.8. The van der Waals surface area contributed by atoms with E-state index in [-0.39, 0.29) is 18.2 Å². The molecule has 0 saturated heterocycles. The van der Waals surface area contributed by atoms with Crippen LogP contribution in [0.4, 0.5) is 0 Å². The van der Waals surface area contributed by atoms with Crippen LogP contribution in [0.3, 0.4) is 0 Å². The summed E-state index contributed by atoms with van der Waals surface area (Å²) in [5.41, 5.74) is 1.75. The summed E-state index contributed by atoms with van der Waals surface area (Å²) >= 11 is 6.26. The third-order valence-electron chi connectivity index (χ3n) is 4.13. The maximum atomic E-state index is 13.0. The Bertz CT molecular complexity index is 719. The molecule has 2 aromatic carbocycles. The van der Waals surface area contributed by atoms with Crippen molar-refractivity contribution in [3.05, 3.63) is 70.7 Å². The van der Waals surface area contributed by atoms with Crippen LogP contribution < -0.4 is 5.32 Å². The average Bonchev–Trinajstić information content (AvgIpc) is 2.63. The first kappa shape index (κ1) is 19.0. The van der Waals surface area contributed by atoms with Crippen molar-refractivity contribution in [1.82, 2.24) is 10.2 Å². The zero-order chi connectivity index (χ0) is 18.2. The molecule has 1 atom stereocenters. The molecule has 132 valence electrons. The minimum atomic E-state index is -0.530. The van der Waals surface area contributed by atoms with E-state index in [1.165, 1.54) is 0 Å². The Balaban J connectivity index is 2.29. The first-order chi connectivity index (χ1) is 12.1. The molecule has 0 aromatic heterocycles. The highest BCUT2D eigenvalue weighted by Gasteiger charge is 2.28. The molecule has 0 heterocycles. The van der Waals surface area contributed by atoms with Crippen molar-refractivity contribution in [2.24, 2.45) is 0 Å². The number of amides is 2. The van der Waals surface area contributed by atoms with Crippen LogP contribution in [0.25, 0.3) is 0 Å². The molecular weight excluding hydrogens is 336 g/mol. The van der Waals surface area contributed by atoms with Crippen LogP contribution in [-0.4, -0.2) is 29.8 Å². The summed E-state index contributed by atoms with van der Waals surface area (Å²) in [5, 5.41) is 3.24. The summed E-state index contributed by atoms with van der Waals surface area (Å²) in [5.74, 6) is -0.266. The lowest BCUT2D eigenvalue weighted by Crippen LogP contribution is -2.48. The zero-order valence-electron chi connectivity index (χ0n) is 14.5. The van der Waals surface area contributed by atoms with Gasteiger partial charge in [0, 0.05) is 18.6 Å². The Labute approximate surface area is 153 Å². The van der Waals surface area contributed by atoms with Crippen LogP contribution in [0.1, 0.15) is 24.5 Å². The van der Waals surface area contributed by atoms with Crippen molar-refractivity contribution in [2.45, 2.75) is 32.4 Å². The van der Waals surface area contributed by atoms with Gasteiger partial charge in [0.15, 0.2) is 0 Å². The average molecular weight is 359 g/mol. The van der Waals surface area contributed by atoms with E-state index in [1.807, 2.05) is 55.5 Å². The molecule has 1 N–H and O–H groups in total. The van der Waals surface area contributed by atoms with E-state index in [9.17, 15) is 9.59 Å². The van der Waals surface area contributed by atoms with Gasteiger partial charge in [-0.3, -0.25) is 9.59 Å². The Kier molecular flexibility index (Phi) is 7.02. The highest BCUT2D eigenvalue weighted by Crippen LogP contribution is 2.20. The molecule has 0 bridgehead atoms. The van der Waals surface area contributed by atoms with Gasteiger partial charge >= 0.3 is 0 Å². The molecule has 0 fully saturated rings. The Morgan fingerprint density at radius 2 is 1.72 bits per heavy atom. The lowest BCUT2D eigenvalue weighted by Gasteiger charge is -2.30. The van der Waals surface area contributed by atoms with E-state index in [4.69, 9.17) is 11.6 Å². The van der Waals surface area contributed by atoms with Gasteiger partial charge in [-0.15, -0.1) is 0 Å². The molecule has 0 aliphatic rings. The van der Waals surface area contributed by atoms with Crippen molar-refractivity contribution in [2.75, 3.05) is 7.05 Å². The topological polar surface area (TPSA) is 49.4 Å². The van der Waals surface area contributed by atoms with Crippen LogP contribution >= 0.6 is 11.6 Å². The number of hydrogen-bond donors (Lipinski definition) is 1. The molecule has 2 aromatic rings. The van der Waals surface area contributed by atoms with Crippen molar-refractivity contribution in [3.8, 4) is 0 Å². The van der Waals surface area contributed by atoms with E-state index >= 15 is 0 Å². The molecule has 0 radical (unpaired) electrons. The molecule has 4 nitrogen and oxygen atoms in total. The number of carbonyl (C=O) groups excluding carboxylic acids is 2. The van der Waals surface area contributed by atoms with Crippen molar-refractivity contribution in [1.29, 1.82) is 0 Å². The Morgan fingerprint density at radius 1 is 1.08 bits per heavy atom. The van der Waals surface area contributed by atoms with Gasteiger partial charge in [-0.2, -0.15) is 0 Å². The Hall–Kier alpha value is -2.33. The fourth-order valence-electron chi connectivity index (χ4n) is 2.77. The fraction of sp³-hybridized carbons (Fsp3) is 0.300. The van der Waals surface area contributed by atoms with Crippen LogP contribution in [0.15, 0.2) is 54.6 Å². The normalized spacial score (nSPS) is 11.6. The summed E-state index contributed by atoms with van der Waals surface area (Å²) in [6, 6.07) is 16.4. The Morgan fingerprint density at radius 3 is 2.32 bits per heavy atom. The van der Waals surface area contributed by atoms with Crippen LogP contribution in [0.5, 0.6) is 0 Å². The van der Waals surface area contributed by atoms with Crippen LogP contribution in [0.2, 0.25) is 5.02 Å². The number of benzene rings is 2. The van der Waals surface area contributed by atoms with Crippen molar-refractivity contribution in [3.63, 3.8) is 0 Å². The van der Waals surface area contributed by atoms with E-state index in [0.717, 1.165) is 11.1 Å². The lowest BCUT2D eigenvalue weighted by molar-refractivity contribution is -0.140. The van der Waals surface area contributed by atoms with Crippen molar-refractivity contribution >= 4 is 23.4 Å². The van der Waals surface area contributed by atoms with Gasteiger partial charge in [0.05, 0.1) is 6.42 Å². The molecule has 0 unspecified atom stereocenters. The number of rotatable bonds is 7. The lowest BCUT2D eigenvalue weighted by atomic mass is 10.1. The molecule has 25 heavy (non-hydrogen) atoms. The second kappa shape index (κ2) is 9.23. The second-order valence-electron chi connectivity index (χ2n) is 5.81. The number of halogens is 1. The van der Waals surface area contributed by atoms with Gasteiger partial charge in [0.2, 0.25) is 11.8 Å². The summed E-state index contributed by atoms with van der Waals surface area (Å²) in [6.45, 7) is 2.20. The predicted molar refractivity (Wildman–Crippen MR) is 100 cm³/mol. The standard InChI is InChI=1S/C20H23ClN2O2/c1-3-18(20(25)22-2)23(14-16-11-7-8-12-17(16)21)19(24)13-15-9-5-4-6-10-15/h4-12,18H,3,13-14H2,1-2H3,(H,22,25)/t18-/m0/s1. The van der Waals surface area contributed by atoms with Gasteiger partial charge < -0.3 is 10.2 Å². The van der Waals surface area contributed by atoms with Gasteiger partial charge in [0.25, 0.3) is 0 Å². The molecule has 0 saturated carbocycles. The highest BCUT2D eigenvalue weighted by molar-refractivity contribution is 6.31. The maximum Gasteiger partial charge on any atom is 0.242 e. The molecule has 2 rings (SSSR count). The van der Waals surface area contributed by atoms with Crippen LogP contribution in [0, 0.1) is 0 Å². The quantitative estimate of drug-likeness (QED) is 0.824. The number of nitrogens with one attached hydrogen (secondary N) is 1. The zero-order valence-corrected chi connectivity index (χ0v) is 15.3. The van der Waals surface area contributed by atoms with Crippen molar-refractivity contribution < 1.29 is 9.59 Å². The highest BCUT2D eigenvalue weighted by atomic mass is 35.5. The third kappa shape index (κ3) is 5.07. The smallest absolute Gasteiger partial charge is 0.242 e. The summed E-state index contributed by atoms with van der Waals surface area (Å²) in [6.07, 6.45) is 0.781. The van der Waals surface area contributed by atoms with E-state index < -0.39 is 6.04 Å². The maximum absolute atomic E-state index is 13.0. The van der Waals surface area contributed by atoms with Crippen LogP contribution in [-0.2, 0) is 22.6 Å². The molecule has 0 spiro atoms. The molecule has 0 aliphatic heterocycles. The first-order valence-corrected chi connectivity index (χ1v) is 8.73.